The summed E-state index contributed by atoms with van der Waals surface area (Å²) in [5, 5.41) is 10.6. The van der Waals surface area contributed by atoms with Crippen LogP contribution in [0.3, 0.4) is 0 Å². The van der Waals surface area contributed by atoms with Gasteiger partial charge in [-0.3, -0.25) is 5.10 Å². The van der Waals surface area contributed by atoms with E-state index in [1.54, 1.807) is 7.11 Å². The van der Waals surface area contributed by atoms with Crippen molar-refractivity contribution in [3.05, 3.63) is 52.8 Å². The highest BCUT2D eigenvalue weighted by atomic mass is 16.5. The summed E-state index contributed by atoms with van der Waals surface area (Å²) >= 11 is 0. The minimum Gasteiger partial charge on any atom is -0.375 e. The maximum atomic E-state index is 5.53. The van der Waals surface area contributed by atoms with Crippen molar-refractivity contribution in [1.29, 1.82) is 0 Å². The van der Waals surface area contributed by atoms with Gasteiger partial charge in [0.05, 0.1) is 11.8 Å². The second kappa shape index (κ2) is 6.50. The first-order chi connectivity index (χ1) is 9.22. The fourth-order valence-electron chi connectivity index (χ4n) is 2.17. The molecule has 0 saturated heterocycles. The van der Waals surface area contributed by atoms with Crippen LogP contribution >= 0.6 is 0 Å². The molecule has 0 aliphatic heterocycles. The molecule has 0 unspecified atom stereocenters. The summed E-state index contributed by atoms with van der Waals surface area (Å²) in [6.07, 6.45) is 0.0775. The number of hydrogen-bond acceptors (Lipinski definition) is 3. The molecule has 19 heavy (non-hydrogen) atoms. The summed E-state index contributed by atoms with van der Waals surface area (Å²) in [5.41, 5.74) is 4.61. The lowest BCUT2D eigenvalue weighted by Gasteiger charge is -2.16. The SMILES string of the molecule is CO[C@H](CNCc1c(C)n[nH]c1C)c1ccccc1. The quantitative estimate of drug-likeness (QED) is 0.838. The summed E-state index contributed by atoms with van der Waals surface area (Å²) in [5.74, 6) is 0. The van der Waals surface area contributed by atoms with Gasteiger partial charge in [0.25, 0.3) is 0 Å². The highest BCUT2D eigenvalue weighted by molar-refractivity contribution is 5.23. The molecule has 1 heterocycles. The third-order valence-electron chi connectivity index (χ3n) is 3.37. The van der Waals surface area contributed by atoms with Crippen molar-refractivity contribution in [2.75, 3.05) is 13.7 Å². The lowest BCUT2D eigenvalue weighted by atomic mass is 10.1. The number of nitrogens with one attached hydrogen (secondary N) is 2. The first kappa shape index (κ1) is 13.8. The number of rotatable bonds is 6. The first-order valence-electron chi connectivity index (χ1n) is 6.51. The molecule has 0 radical (unpaired) electrons. The normalized spacial score (nSPS) is 12.6. The molecule has 0 bridgehead atoms. The van der Waals surface area contributed by atoms with Crippen LogP contribution in [0.25, 0.3) is 0 Å². The maximum Gasteiger partial charge on any atom is 0.0945 e. The zero-order valence-corrected chi connectivity index (χ0v) is 11.7. The van der Waals surface area contributed by atoms with Gasteiger partial charge in [-0.2, -0.15) is 5.10 Å². The second-order valence-electron chi connectivity index (χ2n) is 4.68. The Balaban J connectivity index is 1.91. The third kappa shape index (κ3) is 3.43. The number of ether oxygens (including phenoxy) is 1. The molecule has 102 valence electrons. The van der Waals surface area contributed by atoms with Gasteiger partial charge in [-0.1, -0.05) is 30.3 Å². The van der Waals surface area contributed by atoms with Crippen LogP contribution in [0.15, 0.2) is 30.3 Å². The highest BCUT2D eigenvalue weighted by Crippen LogP contribution is 2.15. The third-order valence-corrected chi connectivity index (χ3v) is 3.37. The maximum absolute atomic E-state index is 5.53. The number of aromatic amines is 1. The molecular weight excluding hydrogens is 238 g/mol. The van der Waals surface area contributed by atoms with Gasteiger partial charge < -0.3 is 10.1 Å². The average molecular weight is 259 g/mol. The monoisotopic (exact) mass is 259 g/mol. The van der Waals surface area contributed by atoms with E-state index in [-0.39, 0.29) is 6.10 Å². The smallest absolute Gasteiger partial charge is 0.0945 e. The minimum atomic E-state index is 0.0775. The largest absolute Gasteiger partial charge is 0.375 e. The predicted octanol–water partition coefficient (Wildman–Crippen LogP) is 2.50. The van der Waals surface area contributed by atoms with Gasteiger partial charge in [0.2, 0.25) is 0 Å². The van der Waals surface area contributed by atoms with E-state index in [9.17, 15) is 0 Å². The number of nitrogens with zero attached hydrogens (tertiary/aromatic N) is 1. The Hall–Kier alpha value is -1.65. The van der Waals surface area contributed by atoms with Gasteiger partial charge in [-0.05, 0) is 19.4 Å². The molecule has 2 rings (SSSR count). The predicted molar refractivity (Wildman–Crippen MR) is 76.0 cm³/mol. The molecule has 4 heteroatoms. The molecule has 0 saturated carbocycles. The molecule has 2 N–H and O–H groups in total. The van der Waals surface area contributed by atoms with E-state index in [4.69, 9.17) is 4.74 Å². The molecule has 1 aromatic carbocycles. The van der Waals surface area contributed by atoms with Crippen molar-refractivity contribution in [1.82, 2.24) is 15.5 Å². The molecule has 1 aromatic heterocycles. The Morgan fingerprint density at radius 2 is 2.00 bits per heavy atom. The Bertz CT molecular complexity index is 488. The van der Waals surface area contributed by atoms with Crippen LogP contribution in [0.4, 0.5) is 0 Å². The average Bonchev–Trinajstić information content (AvgIpc) is 2.76. The molecule has 0 amide bonds. The summed E-state index contributed by atoms with van der Waals surface area (Å²) in [6.45, 7) is 5.65. The molecule has 1 atom stereocenters. The Labute approximate surface area is 114 Å². The van der Waals surface area contributed by atoms with Gasteiger partial charge in [-0.25, -0.2) is 0 Å². The van der Waals surface area contributed by atoms with Gasteiger partial charge >= 0.3 is 0 Å². The van der Waals surface area contributed by atoms with E-state index in [2.05, 4.69) is 27.6 Å². The van der Waals surface area contributed by atoms with E-state index in [1.165, 1.54) is 11.1 Å². The molecule has 0 aliphatic rings. The number of methoxy groups -OCH3 is 1. The second-order valence-corrected chi connectivity index (χ2v) is 4.68. The molecule has 0 aliphatic carbocycles. The summed E-state index contributed by atoms with van der Waals surface area (Å²) in [7, 11) is 1.74. The molecule has 0 fully saturated rings. The van der Waals surface area contributed by atoms with Crippen molar-refractivity contribution >= 4 is 0 Å². The first-order valence-corrected chi connectivity index (χ1v) is 6.51. The minimum absolute atomic E-state index is 0.0775. The van der Waals surface area contributed by atoms with Crippen molar-refractivity contribution in [3.63, 3.8) is 0 Å². The number of aryl methyl sites for hydroxylation is 2. The molecule has 2 aromatic rings. The van der Waals surface area contributed by atoms with Crippen molar-refractivity contribution in [2.45, 2.75) is 26.5 Å². The van der Waals surface area contributed by atoms with Crippen LogP contribution in [0.2, 0.25) is 0 Å². The number of hydrogen-bond donors (Lipinski definition) is 2. The zero-order valence-electron chi connectivity index (χ0n) is 11.7. The highest BCUT2D eigenvalue weighted by Gasteiger charge is 2.11. The van der Waals surface area contributed by atoms with E-state index in [0.717, 1.165) is 24.5 Å². The van der Waals surface area contributed by atoms with Gasteiger partial charge in [-0.15, -0.1) is 0 Å². The topological polar surface area (TPSA) is 49.9 Å². The standard InChI is InChI=1S/C15H21N3O/c1-11-14(12(2)18-17-11)9-16-10-15(19-3)13-7-5-4-6-8-13/h4-8,15-16H,9-10H2,1-3H3,(H,17,18)/t15-/m1/s1. The number of aromatic nitrogens is 2. The summed E-state index contributed by atoms with van der Waals surface area (Å²) < 4.78 is 5.53. The Kier molecular flexibility index (Phi) is 4.71. The van der Waals surface area contributed by atoms with E-state index < -0.39 is 0 Å². The van der Waals surface area contributed by atoms with E-state index in [0.29, 0.717) is 0 Å². The van der Waals surface area contributed by atoms with Crippen LogP contribution in [0.5, 0.6) is 0 Å². The van der Waals surface area contributed by atoms with Gasteiger partial charge in [0.1, 0.15) is 0 Å². The van der Waals surface area contributed by atoms with Crippen molar-refractivity contribution in [2.24, 2.45) is 0 Å². The molecule has 4 nitrogen and oxygen atoms in total. The van der Waals surface area contributed by atoms with Crippen molar-refractivity contribution < 1.29 is 4.74 Å². The van der Waals surface area contributed by atoms with E-state index >= 15 is 0 Å². The Morgan fingerprint density at radius 1 is 1.26 bits per heavy atom. The fourth-order valence-corrected chi connectivity index (χ4v) is 2.17. The Morgan fingerprint density at radius 3 is 2.58 bits per heavy atom. The molecular formula is C15H21N3O. The number of benzene rings is 1. The van der Waals surface area contributed by atoms with Crippen LogP contribution < -0.4 is 5.32 Å². The van der Waals surface area contributed by atoms with Crippen LogP contribution in [-0.4, -0.2) is 23.9 Å². The summed E-state index contributed by atoms with van der Waals surface area (Å²) in [6, 6.07) is 10.3. The van der Waals surface area contributed by atoms with Crippen LogP contribution in [0, 0.1) is 13.8 Å². The van der Waals surface area contributed by atoms with Crippen molar-refractivity contribution in [3.8, 4) is 0 Å². The van der Waals surface area contributed by atoms with Gasteiger partial charge in [0, 0.05) is 31.5 Å². The molecule has 0 spiro atoms. The van der Waals surface area contributed by atoms with Crippen LogP contribution in [-0.2, 0) is 11.3 Å². The van der Waals surface area contributed by atoms with Crippen LogP contribution in [0.1, 0.15) is 28.6 Å². The lowest BCUT2D eigenvalue weighted by Crippen LogP contribution is -2.22. The number of H-pyrrole nitrogens is 1. The fraction of sp³-hybridized carbons (Fsp3) is 0.400. The zero-order chi connectivity index (χ0) is 13.7. The lowest BCUT2D eigenvalue weighted by molar-refractivity contribution is 0.102. The van der Waals surface area contributed by atoms with Gasteiger partial charge in [0.15, 0.2) is 0 Å². The van der Waals surface area contributed by atoms with E-state index in [1.807, 2.05) is 32.0 Å². The summed E-state index contributed by atoms with van der Waals surface area (Å²) in [4.78, 5) is 0.